The van der Waals surface area contributed by atoms with Crippen molar-refractivity contribution in [1.82, 2.24) is 4.90 Å². The zero-order chi connectivity index (χ0) is 27.4. The van der Waals surface area contributed by atoms with Crippen molar-refractivity contribution in [3.8, 4) is 11.5 Å². The lowest BCUT2D eigenvalue weighted by atomic mass is 10.1. The van der Waals surface area contributed by atoms with E-state index in [1.807, 2.05) is 0 Å². The van der Waals surface area contributed by atoms with Crippen LogP contribution in [0.3, 0.4) is 0 Å². The third-order valence-electron chi connectivity index (χ3n) is 5.50. The van der Waals surface area contributed by atoms with Gasteiger partial charge >= 0.3 is 0 Å². The van der Waals surface area contributed by atoms with Crippen LogP contribution in [0.2, 0.25) is 0 Å². The number of carbonyl (C=O) groups excluding carboxylic acids is 2. The van der Waals surface area contributed by atoms with Gasteiger partial charge in [0.2, 0.25) is 0 Å². The van der Waals surface area contributed by atoms with E-state index in [0.717, 1.165) is 16.7 Å². The molecule has 194 valence electrons. The Kier molecular flexibility index (Phi) is 8.08. The van der Waals surface area contributed by atoms with Crippen molar-refractivity contribution in [2.45, 2.75) is 13.2 Å². The van der Waals surface area contributed by atoms with E-state index in [9.17, 15) is 29.8 Å². The highest BCUT2D eigenvalue weighted by atomic mass is 79.9. The van der Waals surface area contributed by atoms with Crippen LogP contribution >= 0.6 is 27.7 Å². The summed E-state index contributed by atoms with van der Waals surface area (Å²) in [4.78, 5) is 47.8. The molecular weight excluding hydrogens is 582 g/mol. The largest absolute Gasteiger partial charge is 0.493 e. The third kappa shape index (κ3) is 5.84. The van der Waals surface area contributed by atoms with Crippen molar-refractivity contribution in [1.29, 1.82) is 0 Å². The van der Waals surface area contributed by atoms with Crippen LogP contribution in [0, 0.1) is 20.2 Å². The number of halogens is 1. The summed E-state index contributed by atoms with van der Waals surface area (Å²) < 4.78 is 11.8. The number of imide groups is 1. The quantitative estimate of drug-likeness (QED) is 0.162. The second kappa shape index (κ2) is 11.4. The summed E-state index contributed by atoms with van der Waals surface area (Å²) >= 11 is 4.18. The van der Waals surface area contributed by atoms with Crippen molar-refractivity contribution in [3.05, 3.63) is 107 Å². The van der Waals surface area contributed by atoms with Gasteiger partial charge in [-0.2, -0.15) is 0 Å². The molecule has 0 N–H and O–H groups in total. The minimum Gasteiger partial charge on any atom is -0.493 e. The van der Waals surface area contributed by atoms with Gasteiger partial charge in [-0.05, 0) is 53.2 Å². The van der Waals surface area contributed by atoms with Gasteiger partial charge in [0, 0.05) is 28.2 Å². The summed E-state index contributed by atoms with van der Waals surface area (Å²) in [5, 5.41) is 21.6. The summed E-state index contributed by atoms with van der Waals surface area (Å²) in [5.41, 5.74) is 1.31. The molecule has 1 heterocycles. The molecule has 1 aliphatic rings. The molecule has 38 heavy (non-hydrogen) atoms. The first-order valence-electron chi connectivity index (χ1n) is 10.9. The maximum Gasteiger partial charge on any atom is 0.293 e. The zero-order valence-electron chi connectivity index (χ0n) is 19.7. The molecule has 1 saturated heterocycles. The van der Waals surface area contributed by atoms with Gasteiger partial charge in [0.05, 0.1) is 28.4 Å². The molecule has 0 radical (unpaired) electrons. The van der Waals surface area contributed by atoms with E-state index in [4.69, 9.17) is 9.47 Å². The van der Waals surface area contributed by atoms with Gasteiger partial charge in [-0.3, -0.25) is 34.7 Å². The number of ether oxygens (including phenoxy) is 2. The SMILES string of the molecule is COc1cc(/C=C2/SC(=O)N(Cc3ccccc3[N+](=O)[O-])C2=O)c(Br)cc1OCc1ccc([N+](=O)[O-])cc1. The average Bonchev–Trinajstić information content (AvgIpc) is 3.16. The van der Waals surface area contributed by atoms with Gasteiger partial charge in [0.1, 0.15) is 6.61 Å². The molecule has 11 nitrogen and oxygen atoms in total. The molecule has 0 spiro atoms. The minimum atomic E-state index is -0.567. The fourth-order valence-electron chi connectivity index (χ4n) is 3.58. The number of hydrogen-bond donors (Lipinski definition) is 0. The maximum atomic E-state index is 13.0. The summed E-state index contributed by atoms with van der Waals surface area (Å²) in [7, 11) is 1.45. The Balaban J connectivity index is 1.53. The Hall–Kier alpha value is -4.23. The van der Waals surface area contributed by atoms with E-state index in [-0.39, 0.29) is 35.0 Å². The van der Waals surface area contributed by atoms with Gasteiger partial charge < -0.3 is 9.47 Å². The van der Waals surface area contributed by atoms with Gasteiger partial charge in [-0.15, -0.1) is 0 Å². The second-order valence-electron chi connectivity index (χ2n) is 7.89. The van der Waals surface area contributed by atoms with Gasteiger partial charge in [0.15, 0.2) is 11.5 Å². The standard InChI is InChI=1S/C25H18BrN3O8S/c1-36-21-10-17(19(26)12-22(21)37-14-15-6-8-18(9-7-15)28(32)33)11-23-24(30)27(25(31)38-23)13-16-4-2-3-5-20(16)29(34)35/h2-12H,13-14H2,1H3/b23-11+. The molecule has 4 rings (SSSR count). The smallest absolute Gasteiger partial charge is 0.293 e. The number of amides is 2. The summed E-state index contributed by atoms with van der Waals surface area (Å²) in [5.74, 6) is 0.183. The van der Waals surface area contributed by atoms with Crippen LogP contribution in [0.15, 0.2) is 70.0 Å². The first kappa shape index (κ1) is 26.8. The predicted molar refractivity (Wildman–Crippen MR) is 143 cm³/mol. The molecule has 1 fully saturated rings. The van der Waals surface area contributed by atoms with Crippen LogP contribution in [0.4, 0.5) is 16.2 Å². The lowest BCUT2D eigenvalue weighted by Gasteiger charge is -2.13. The van der Waals surface area contributed by atoms with E-state index in [0.29, 0.717) is 27.1 Å². The molecule has 0 atom stereocenters. The van der Waals surface area contributed by atoms with E-state index in [1.165, 1.54) is 43.5 Å². The highest BCUT2D eigenvalue weighted by molar-refractivity contribution is 9.10. The average molecular weight is 600 g/mol. The molecule has 13 heteroatoms. The van der Waals surface area contributed by atoms with E-state index in [1.54, 1.807) is 30.3 Å². The van der Waals surface area contributed by atoms with Crippen LogP contribution in [-0.2, 0) is 17.9 Å². The van der Waals surface area contributed by atoms with Crippen LogP contribution in [0.25, 0.3) is 6.08 Å². The summed E-state index contributed by atoms with van der Waals surface area (Å²) in [6, 6.07) is 15.2. The fourth-order valence-corrected chi connectivity index (χ4v) is 4.85. The minimum absolute atomic E-state index is 0.0233. The van der Waals surface area contributed by atoms with Crippen LogP contribution in [0.1, 0.15) is 16.7 Å². The normalized spacial score (nSPS) is 14.2. The van der Waals surface area contributed by atoms with Gasteiger partial charge in [0.25, 0.3) is 22.5 Å². The van der Waals surface area contributed by atoms with E-state index in [2.05, 4.69) is 15.9 Å². The Bertz CT molecular complexity index is 1480. The summed E-state index contributed by atoms with van der Waals surface area (Å²) in [6.07, 6.45) is 1.52. The highest BCUT2D eigenvalue weighted by Crippen LogP contribution is 2.39. The zero-order valence-corrected chi connectivity index (χ0v) is 22.1. The van der Waals surface area contributed by atoms with E-state index < -0.39 is 21.0 Å². The molecule has 2 amide bonds. The molecule has 0 aliphatic carbocycles. The van der Waals surface area contributed by atoms with Crippen molar-refractivity contribution in [3.63, 3.8) is 0 Å². The number of thioether (sulfide) groups is 1. The van der Waals surface area contributed by atoms with Crippen molar-refractivity contribution >= 4 is 56.3 Å². The number of rotatable bonds is 9. The Labute approximate surface area is 228 Å². The molecule has 0 saturated carbocycles. The Morgan fingerprint density at radius 2 is 1.71 bits per heavy atom. The van der Waals surface area contributed by atoms with Crippen molar-refractivity contribution < 1.29 is 28.9 Å². The first-order valence-corrected chi connectivity index (χ1v) is 12.5. The number of nitro benzene ring substituents is 2. The van der Waals surface area contributed by atoms with Crippen LogP contribution < -0.4 is 9.47 Å². The number of benzene rings is 3. The topological polar surface area (TPSA) is 142 Å². The molecule has 1 aliphatic heterocycles. The second-order valence-corrected chi connectivity index (χ2v) is 9.74. The number of nitrogens with zero attached hydrogens (tertiary/aromatic N) is 3. The maximum absolute atomic E-state index is 13.0. The number of methoxy groups -OCH3 is 1. The molecule has 0 unspecified atom stereocenters. The predicted octanol–water partition coefficient (Wildman–Crippen LogP) is 6.09. The third-order valence-corrected chi connectivity index (χ3v) is 7.10. The number of non-ortho nitro benzene ring substituents is 1. The van der Waals surface area contributed by atoms with Crippen LogP contribution in [-0.4, -0.2) is 33.0 Å². The lowest BCUT2D eigenvalue weighted by molar-refractivity contribution is -0.385. The van der Waals surface area contributed by atoms with Gasteiger partial charge in [-0.1, -0.05) is 34.1 Å². The number of hydrogen-bond acceptors (Lipinski definition) is 9. The monoisotopic (exact) mass is 599 g/mol. The van der Waals surface area contributed by atoms with E-state index >= 15 is 0 Å². The van der Waals surface area contributed by atoms with Crippen molar-refractivity contribution in [2.75, 3.05) is 7.11 Å². The Morgan fingerprint density at radius 3 is 2.37 bits per heavy atom. The van der Waals surface area contributed by atoms with Gasteiger partial charge in [-0.25, -0.2) is 0 Å². The molecule has 3 aromatic rings. The molecule has 3 aromatic carbocycles. The molecular formula is C25H18BrN3O8S. The molecule has 0 aromatic heterocycles. The van der Waals surface area contributed by atoms with Crippen molar-refractivity contribution in [2.24, 2.45) is 0 Å². The number of para-hydroxylation sites is 1. The van der Waals surface area contributed by atoms with Crippen LogP contribution in [0.5, 0.6) is 11.5 Å². The first-order chi connectivity index (χ1) is 18.2. The Morgan fingerprint density at radius 1 is 1.00 bits per heavy atom. The fraction of sp³-hybridized carbons (Fsp3) is 0.120. The summed E-state index contributed by atoms with van der Waals surface area (Å²) in [6.45, 7) is -0.0935. The molecule has 0 bridgehead atoms. The number of nitro groups is 2. The lowest BCUT2D eigenvalue weighted by Crippen LogP contribution is -2.27. The number of carbonyl (C=O) groups is 2. The highest BCUT2D eigenvalue weighted by Gasteiger charge is 2.36.